The Morgan fingerprint density at radius 3 is 2.61 bits per heavy atom. The number of methoxy groups -OCH3 is 1. The molecule has 0 aliphatic rings. The number of aromatic nitrogens is 2. The lowest BCUT2D eigenvalue weighted by atomic mass is 9.96. The third kappa shape index (κ3) is 4.87. The van der Waals surface area contributed by atoms with Crippen LogP contribution in [0.3, 0.4) is 0 Å². The zero-order valence-corrected chi connectivity index (χ0v) is 11.8. The van der Waals surface area contributed by atoms with Gasteiger partial charge in [-0.15, -0.1) is 0 Å². The number of nitrogen functional groups attached to an aromatic ring is 1. The molecule has 0 aliphatic carbocycles. The molecule has 1 aromatic rings. The van der Waals surface area contributed by atoms with Crippen LogP contribution in [0.25, 0.3) is 0 Å². The van der Waals surface area contributed by atoms with E-state index in [-0.39, 0.29) is 5.41 Å². The van der Waals surface area contributed by atoms with Gasteiger partial charge in [0, 0.05) is 31.7 Å². The van der Waals surface area contributed by atoms with Crippen LogP contribution in [-0.4, -0.2) is 30.2 Å². The third-order valence-corrected chi connectivity index (χ3v) is 2.50. The monoisotopic (exact) mass is 252 g/mol. The van der Waals surface area contributed by atoms with E-state index in [0.29, 0.717) is 5.82 Å². The molecular formula is C13H24N4O. The highest BCUT2D eigenvalue weighted by molar-refractivity contribution is 5.45. The maximum absolute atomic E-state index is 5.80. The summed E-state index contributed by atoms with van der Waals surface area (Å²) in [4.78, 5) is 8.76. The van der Waals surface area contributed by atoms with E-state index in [1.807, 2.05) is 0 Å². The first-order valence-corrected chi connectivity index (χ1v) is 6.31. The molecule has 0 saturated carbocycles. The molecule has 0 radical (unpaired) electrons. The summed E-state index contributed by atoms with van der Waals surface area (Å²) in [5.74, 6) is 2.07. The van der Waals surface area contributed by atoms with Gasteiger partial charge in [0.15, 0.2) is 0 Å². The van der Waals surface area contributed by atoms with Gasteiger partial charge in [-0.1, -0.05) is 20.8 Å². The van der Waals surface area contributed by atoms with Gasteiger partial charge in [0.2, 0.25) is 0 Å². The van der Waals surface area contributed by atoms with Crippen LogP contribution < -0.4 is 11.1 Å². The van der Waals surface area contributed by atoms with Crippen LogP contribution in [0.4, 0.5) is 11.6 Å². The summed E-state index contributed by atoms with van der Waals surface area (Å²) in [7, 11) is 1.72. The Morgan fingerprint density at radius 2 is 2.00 bits per heavy atom. The van der Waals surface area contributed by atoms with E-state index in [1.54, 1.807) is 13.2 Å². The summed E-state index contributed by atoms with van der Waals surface area (Å²) in [6.07, 6.45) is 2.08. The standard InChI is InChI=1S/C13H24N4O/c1-13(2,3)12-16-10(14)9-11(17-12)15-7-5-6-8-18-4/h9H,5-8H2,1-4H3,(H3,14,15,16,17). The van der Waals surface area contributed by atoms with Crippen molar-refractivity contribution in [3.8, 4) is 0 Å². The Bertz CT molecular complexity index is 374. The summed E-state index contributed by atoms with van der Waals surface area (Å²) in [5.41, 5.74) is 5.70. The van der Waals surface area contributed by atoms with Crippen molar-refractivity contribution in [1.82, 2.24) is 9.97 Å². The topological polar surface area (TPSA) is 73.1 Å². The highest BCUT2D eigenvalue weighted by Gasteiger charge is 2.18. The van der Waals surface area contributed by atoms with Crippen LogP contribution in [-0.2, 0) is 10.2 Å². The Balaban J connectivity index is 2.58. The predicted octanol–water partition coefficient (Wildman–Crippen LogP) is 2.19. The van der Waals surface area contributed by atoms with E-state index < -0.39 is 0 Å². The van der Waals surface area contributed by atoms with Gasteiger partial charge in [-0.2, -0.15) is 0 Å². The molecule has 0 atom stereocenters. The number of anilines is 2. The number of nitrogens with two attached hydrogens (primary N) is 1. The van der Waals surface area contributed by atoms with Crippen LogP contribution in [0, 0.1) is 0 Å². The third-order valence-electron chi connectivity index (χ3n) is 2.50. The van der Waals surface area contributed by atoms with Crippen molar-refractivity contribution in [2.24, 2.45) is 0 Å². The number of hydrogen-bond acceptors (Lipinski definition) is 5. The first-order chi connectivity index (χ1) is 8.43. The minimum absolute atomic E-state index is 0.0954. The second kappa shape index (κ2) is 6.54. The molecule has 0 fully saturated rings. The van der Waals surface area contributed by atoms with Crippen molar-refractivity contribution in [3.05, 3.63) is 11.9 Å². The molecule has 0 unspecified atom stereocenters. The van der Waals surface area contributed by atoms with Gasteiger partial charge in [-0.3, -0.25) is 0 Å². The Kier molecular flexibility index (Phi) is 5.34. The van der Waals surface area contributed by atoms with Crippen molar-refractivity contribution in [2.75, 3.05) is 31.3 Å². The highest BCUT2D eigenvalue weighted by Crippen LogP contribution is 2.21. The van der Waals surface area contributed by atoms with Crippen LogP contribution in [0.15, 0.2) is 6.07 Å². The molecule has 18 heavy (non-hydrogen) atoms. The molecule has 5 heteroatoms. The molecule has 1 aromatic heterocycles. The molecule has 1 heterocycles. The lowest BCUT2D eigenvalue weighted by molar-refractivity contribution is 0.194. The number of unbranched alkanes of at least 4 members (excludes halogenated alkanes) is 1. The zero-order valence-electron chi connectivity index (χ0n) is 11.8. The van der Waals surface area contributed by atoms with Gasteiger partial charge in [0.1, 0.15) is 17.5 Å². The maximum atomic E-state index is 5.80. The minimum Gasteiger partial charge on any atom is -0.385 e. The van der Waals surface area contributed by atoms with E-state index in [2.05, 4.69) is 36.1 Å². The van der Waals surface area contributed by atoms with E-state index in [1.165, 1.54) is 0 Å². The van der Waals surface area contributed by atoms with Gasteiger partial charge in [-0.05, 0) is 12.8 Å². The van der Waals surface area contributed by atoms with Crippen molar-refractivity contribution < 1.29 is 4.74 Å². The lowest BCUT2D eigenvalue weighted by Gasteiger charge is -2.18. The fraction of sp³-hybridized carbons (Fsp3) is 0.692. The summed E-state index contributed by atoms with van der Waals surface area (Å²) >= 11 is 0. The number of rotatable bonds is 6. The van der Waals surface area contributed by atoms with Crippen LogP contribution in [0.1, 0.15) is 39.4 Å². The predicted molar refractivity (Wildman–Crippen MR) is 74.7 cm³/mol. The first-order valence-electron chi connectivity index (χ1n) is 6.31. The molecule has 3 N–H and O–H groups in total. The molecular weight excluding hydrogens is 228 g/mol. The molecule has 0 amide bonds. The van der Waals surface area contributed by atoms with Crippen molar-refractivity contribution >= 4 is 11.6 Å². The second-order valence-corrected chi connectivity index (χ2v) is 5.38. The van der Waals surface area contributed by atoms with Crippen molar-refractivity contribution in [2.45, 2.75) is 39.0 Å². The highest BCUT2D eigenvalue weighted by atomic mass is 16.5. The number of nitrogens with zero attached hydrogens (tertiary/aromatic N) is 2. The zero-order chi connectivity index (χ0) is 13.6. The molecule has 102 valence electrons. The molecule has 1 rings (SSSR count). The summed E-state index contributed by atoms with van der Waals surface area (Å²) < 4.78 is 5.00. The first kappa shape index (κ1) is 14.7. The summed E-state index contributed by atoms with van der Waals surface area (Å²) in [5, 5.41) is 3.27. The van der Waals surface area contributed by atoms with Gasteiger partial charge in [0.05, 0.1) is 0 Å². The minimum atomic E-state index is -0.0954. The Hall–Kier alpha value is -1.36. The van der Waals surface area contributed by atoms with Crippen molar-refractivity contribution in [3.63, 3.8) is 0 Å². The lowest BCUT2D eigenvalue weighted by Crippen LogP contribution is -2.18. The van der Waals surface area contributed by atoms with Crippen LogP contribution in [0.5, 0.6) is 0 Å². The number of hydrogen-bond donors (Lipinski definition) is 2. The average Bonchev–Trinajstić information content (AvgIpc) is 2.27. The molecule has 0 saturated heterocycles. The fourth-order valence-corrected chi connectivity index (χ4v) is 1.48. The van der Waals surface area contributed by atoms with E-state index in [0.717, 1.165) is 37.6 Å². The van der Waals surface area contributed by atoms with Gasteiger partial charge in [-0.25, -0.2) is 9.97 Å². The number of ether oxygens (including phenoxy) is 1. The SMILES string of the molecule is COCCCCNc1cc(N)nc(C(C)(C)C)n1. The van der Waals surface area contributed by atoms with E-state index in [4.69, 9.17) is 10.5 Å². The van der Waals surface area contributed by atoms with Gasteiger partial charge in [0.25, 0.3) is 0 Å². The van der Waals surface area contributed by atoms with E-state index >= 15 is 0 Å². The van der Waals surface area contributed by atoms with Crippen molar-refractivity contribution in [1.29, 1.82) is 0 Å². The Morgan fingerprint density at radius 1 is 1.28 bits per heavy atom. The normalized spacial score (nSPS) is 11.6. The Labute approximate surface area is 109 Å². The summed E-state index contributed by atoms with van der Waals surface area (Å²) in [6, 6.07) is 1.77. The quantitative estimate of drug-likeness (QED) is 0.759. The molecule has 0 aliphatic heterocycles. The molecule has 0 spiro atoms. The molecule has 5 nitrogen and oxygen atoms in total. The van der Waals surface area contributed by atoms with Crippen LogP contribution in [0.2, 0.25) is 0 Å². The van der Waals surface area contributed by atoms with Gasteiger partial charge < -0.3 is 15.8 Å². The van der Waals surface area contributed by atoms with Gasteiger partial charge >= 0.3 is 0 Å². The molecule has 0 bridgehead atoms. The van der Waals surface area contributed by atoms with Crippen LogP contribution >= 0.6 is 0 Å². The molecule has 0 aromatic carbocycles. The average molecular weight is 252 g/mol. The second-order valence-electron chi connectivity index (χ2n) is 5.38. The van der Waals surface area contributed by atoms with E-state index in [9.17, 15) is 0 Å². The smallest absolute Gasteiger partial charge is 0.138 e. The fourth-order valence-electron chi connectivity index (χ4n) is 1.48. The summed E-state index contributed by atoms with van der Waals surface area (Å²) in [6.45, 7) is 7.88. The largest absolute Gasteiger partial charge is 0.385 e. The number of nitrogens with one attached hydrogen (secondary N) is 1. The maximum Gasteiger partial charge on any atom is 0.138 e.